The van der Waals surface area contributed by atoms with Crippen LogP contribution in [-0.2, 0) is 0 Å². The van der Waals surface area contributed by atoms with Gasteiger partial charge in [0.1, 0.15) is 10.6 Å². The first-order chi connectivity index (χ1) is 9.26. The molecule has 2 heterocycles. The molecule has 1 aromatic carbocycles. The molecule has 0 saturated carbocycles. The molecule has 2 aromatic heterocycles. The third kappa shape index (κ3) is 2.53. The molecule has 4 N–H and O–H groups in total. The molecule has 0 amide bonds. The number of hydrazine groups is 1. The number of benzene rings is 1. The van der Waals surface area contributed by atoms with Crippen molar-refractivity contribution >= 4 is 54.9 Å². The number of halogens is 1. The second-order valence-electron chi connectivity index (χ2n) is 3.81. The minimum absolute atomic E-state index is 0.398. The van der Waals surface area contributed by atoms with E-state index in [1.54, 1.807) is 11.3 Å². The number of nitrogens with one attached hydrogen (secondary N) is 2. The molecule has 3 rings (SSSR count). The number of nitrogens with zero attached hydrogens (tertiary/aromatic N) is 2. The van der Waals surface area contributed by atoms with Gasteiger partial charge in [-0.1, -0.05) is 15.9 Å². The quantitative estimate of drug-likeness (QED) is 0.504. The molecular formula is C12H10BrN5S. The third-order valence-corrected chi connectivity index (χ3v) is 3.90. The molecule has 0 aliphatic heterocycles. The molecule has 3 aromatic rings. The zero-order chi connectivity index (χ0) is 13.2. The van der Waals surface area contributed by atoms with E-state index < -0.39 is 0 Å². The number of thiophene rings is 1. The van der Waals surface area contributed by atoms with Gasteiger partial charge in [0, 0.05) is 10.2 Å². The lowest BCUT2D eigenvalue weighted by molar-refractivity contribution is 1.16. The smallest absolute Gasteiger partial charge is 0.240 e. The summed E-state index contributed by atoms with van der Waals surface area (Å²) in [6.45, 7) is 0. The van der Waals surface area contributed by atoms with E-state index >= 15 is 0 Å². The molecule has 0 aliphatic carbocycles. The van der Waals surface area contributed by atoms with Crippen LogP contribution in [0, 0.1) is 0 Å². The number of nitrogens with two attached hydrogens (primary N) is 1. The van der Waals surface area contributed by atoms with Gasteiger partial charge in [0.05, 0.1) is 5.39 Å². The third-order valence-electron chi connectivity index (χ3n) is 2.56. The first kappa shape index (κ1) is 12.3. The van der Waals surface area contributed by atoms with Gasteiger partial charge in [0.2, 0.25) is 5.95 Å². The van der Waals surface area contributed by atoms with Crippen molar-refractivity contribution in [1.29, 1.82) is 0 Å². The molecule has 7 heteroatoms. The Morgan fingerprint density at radius 1 is 1.11 bits per heavy atom. The Morgan fingerprint density at radius 3 is 2.63 bits per heavy atom. The van der Waals surface area contributed by atoms with Gasteiger partial charge in [0.15, 0.2) is 0 Å². The van der Waals surface area contributed by atoms with Gasteiger partial charge in [-0.25, -0.2) is 10.8 Å². The van der Waals surface area contributed by atoms with E-state index in [0.717, 1.165) is 26.2 Å². The number of fused-ring (bicyclic) bond motifs is 1. The normalized spacial score (nSPS) is 10.6. The van der Waals surface area contributed by atoms with Crippen molar-refractivity contribution in [2.75, 3.05) is 10.7 Å². The van der Waals surface area contributed by atoms with Gasteiger partial charge < -0.3 is 5.32 Å². The fraction of sp³-hybridized carbons (Fsp3) is 0. The standard InChI is InChI=1S/C12H10BrN5S/c13-7-1-3-8(4-2-7)15-10-9-5-6-19-11(9)17-12(16-10)18-14/h1-6H,14H2,(H2,15,16,17,18). The monoisotopic (exact) mass is 335 g/mol. The maximum atomic E-state index is 5.39. The molecular weight excluding hydrogens is 326 g/mol. The van der Waals surface area contributed by atoms with Crippen molar-refractivity contribution in [3.63, 3.8) is 0 Å². The largest absolute Gasteiger partial charge is 0.340 e. The highest BCUT2D eigenvalue weighted by atomic mass is 79.9. The second kappa shape index (κ2) is 5.12. The summed E-state index contributed by atoms with van der Waals surface area (Å²) in [5.41, 5.74) is 3.44. The first-order valence-electron chi connectivity index (χ1n) is 5.51. The van der Waals surface area contributed by atoms with Crippen LogP contribution in [0.15, 0.2) is 40.2 Å². The van der Waals surface area contributed by atoms with E-state index in [9.17, 15) is 0 Å². The summed E-state index contributed by atoms with van der Waals surface area (Å²) >= 11 is 4.96. The maximum absolute atomic E-state index is 5.39. The van der Waals surface area contributed by atoms with E-state index in [0.29, 0.717) is 5.95 Å². The van der Waals surface area contributed by atoms with Crippen molar-refractivity contribution in [3.05, 3.63) is 40.2 Å². The van der Waals surface area contributed by atoms with Crippen LogP contribution in [0.3, 0.4) is 0 Å². The van der Waals surface area contributed by atoms with Crippen LogP contribution in [0.5, 0.6) is 0 Å². The molecule has 19 heavy (non-hydrogen) atoms. The molecule has 0 saturated heterocycles. The van der Waals surface area contributed by atoms with Crippen LogP contribution in [0.2, 0.25) is 0 Å². The van der Waals surface area contributed by atoms with Crippen LogP contribution < -0.4 is 16.6 Å². The van der Waals surface area contributed by atoms with E-state index in [1.807, 2.05) is 35.7 Å². The van der Waals surface area contributed by atoms with Crippen LogP contribution >= 0.6 is 27.3 Å². The molecule has 96 valence electrons. The minimum atomic E-state index is 0.398. The van der Waals surface area contributed by atoms with Crippen molar-refractivity contribution in [3.8, 4) is 0 Å². The Bertz CT molecular complexity index is 710. The molecule has 0 fully saturated rings. The summed E-state index contributed by atoms with van der Waals surface area (Å²) in [7, 11) is 0. The zero-order valence-corrected chi connectivity index (χ0v) is 12.1. The van der Waals surface area contributed by atoms with E-state index in [2.05, 4.69) is 36.6 Å². The van der Waals surface area contributed by atoms with Crippen molar-refractivity contribution < 1.29 is 0 Å². The first-order valence-corrected chi connectivity index (χ1v) is 7.18. The number of aromatic nitrogens is 2. The van der Waals surface area contributed by atoms with Gasteiger partial charge >= 0.3 is 0 Å². The fourth-order valence-electron chi connectivity index (χ4n) is 1.69. The lowest BCUT2D eigenvalue weighted by Gasteiger charge is -2.08. The van der Waals surface area contributed by atoms with Crippen LogP contribution in [-0.4, -0.2) is 9.97 Å². The molecule has 0 radical (unpaired) electrons. The summed E-state index contributed by atoms with van der Waals surface area (Å²) in [6.07, 6.45) is 0. The molecule has 0 aliphatic rings. The lowest BCUT2D eigenvalue weighted by Crippen LogP contribution is -2.11. The van der Waals surface area contributed by atoms with Gasteiger partial charge in [-0.2, -0.15) is 4.98 Å². The zero-order valence-electron chi connectivity index (χ0n) is 9.72. The van der Waals surface area contributed by atoms with Crippen molar-refractivity contribution in [1.82, 2.24) is 9.97 Å². The van der Waals surface area contributed by atoms with Gasteiger partial charge in [0.25, 0.3) is 0 Å². The van der Waals surface area contributed by atoms with E-state index in [1.165, 1.54) is 0 Å². The molecule has 0 bridgehead atoms. The Labute approximate surface area is 122 Å². The topological polar surface area (TPSA) is 75.9 Å². The average Bonchev–Trinajstić information content (AvgIpc) is 2.89. The maximum Gasteiger partial charge on any atom is 0.240 e. The van der Waals surface area contributed by atoms with E-state index in [4.69, 9.17) is 5.84 Å². The summed E-state index contributed by atoms with van der Waals surface area (Å²) in [5.74, 6) is 6.52. The molecule has 0 atom stereocenters. The number of nitrogen functional groups attached to an aromatic ring is 1. The molecule has 0 unspecified atom stereocenters. The SMILES string of the molecule is NNc1nc(Nc2ccc(Br)cc2)c2ccsc2n1. The Balaban J connectivity index is 2.03. The van der Waals surface area contributed by atoms with Crippen LogP contribution in [0.4, 0.5) is 17.5 Å². The summed E-state index contributed by atoms with van der Waals surface area (Å²) in [4.78, 5) is 9.53. The van der Waals surface area contributed by atoms with Gasteiger partial charge in [-0.15, -0.1) is 11.3 Å². The highest BCUT2D eigenvalue weighted by molar-refractivity contribution is 9.10. The minimum Gasteiger partial charge on any atom is -0.340 e. The summed E-state index contributed by atoms with van der Waals surface area (Å²) in [5, 5.41) is 6.23. The van der Waals surface area contributed by atoms with Crippen molar-refractivity contribution in [2.24, 2.45) is 5.84 Å². The highest BCUT2D eigenvalue weighted by Crippen LogP contribution is 2.28. The molecule has 0 spiro atoms. The highest BCUT2D eigenvalue weighted by Gasteiger charge is 2.08. The van der Waals surface area contributed by atoms with Crippen molar-refractivity contribution in [2.45, 2.75) is 0 Å². The van der Waals surface area contributed by atoms with Gasteiger partial charge in [-0.05, 0) is 35.7 Å². The van der Waals surface area contributed by atoms with Crippen LogP contribution in [0.25, 0.3) is 10.2 Å². The number of hydrogen-bond acceptors (Lipinski definition) is 6. The lowest BCUT2D eigenvalue weighted by atomic mass is 10.3. The summed E-state index contributed by atoms with van der Waals surface area (Å²) < 4.78 is 1.03. The average molecular weight is 336 g/mol. The van der Waals surface area contributed by atoms with E-state index in [-0.39, 0.29) is 0 Å². The Morgan fingerprint density at radius 2 is 1.89 bits per heavy atom. The number of rotatable bonds is 3. The van der Waals surface area contributed by atoms with Crippen LogP contribution in [0.1, 0.15) is 0 Å². The Kier molecular flexibility index (Phi) is 3.33. The summed E-state index contributed by atoms with van der Waals surface area (Å²) in [6, 6.07) is 9.87. The van der Waals surface area contributed by atoms with Gasteiger partial charge in [-0.3, -0.25) is 5.43 Å². The fourth-order valence-corrected chi connectivity index (χ4v) is 2.71. The number of anilines is 3. The second-order valence-corrected chi connectivity index (χ2v) is 5.62. The molecule has 5 nitrogen and oxygen atoms in total. The Hall–Kier alpha value is -1.70. The predicted molar refractivity (Wildman–Crippen MR) is 82.6 cm³/mol. The predicted octanol–water partition coefficient (Wildman–Crippen LogP) is 3.48. The number of hydrogen-bond donors (Lipinski definition) is 3.